The Kier molecular flexibility index (Phi) is 5.38. The Morgan fingerprint density at radius 2 is 1.68 bits per heavy atom. The number of halogens is 3. The fourth-order valence-corrected chi connectivity index (χ4v) is 2.21. The maximum absolute atomic E-state index is 13.7. The number of rotatable bonds is 4. The number of nitrogens with one attached hydrogen (secondary N) is 2. The Balaban J connectivity index is 1.89. The molecule has 2 N–H and O–H groups in total. The molecule has 0 aliphatic rings. The van der Waals surface area contributed by atoms with Crippen LogP contribution in [0.5, 0.6) is 0 Å². The second-order valence-electron chi connectivity index (χ2n) is 4.84. The minimum atomic E-state index is -0.624. The lowest BCUT2D eigenvalue weighted by Crippen LogP contribution is -2.36. The van der Waals surface area contributed by atoms with Crippen molar-refractivity contribution < 1.29 is 13.2 Å². The summed E-state index contributed by atoms with van der Waals surface area (Å²) < 4.78 is 39.3. The van der Waals surface area contributed by atoms with Gasteiger partial charge in [-0.3, -0.25) is 0 Å². The van der Waals surface area contributed by atoms with Crippen LogP contribution in [0.2, 0.25) is 0 Å². The average molecular weight is 324 g/mol. The maximum atomic E-state index is 13.7. The van der Waals surface area contributed by atoms with Gasteiger partial charge in [-0.15, -0.1) is 0 Å². The van der Waals surface area contributed by atoms with Gasteiger partial charge in [-0.25, -0.2) is 13.2 Å². The first-order chi connectivity index (χ1) is 10.5. The molecule has 0 aromatic heterocycles. The third-order valence-corrected chi connectivity index (χ3v) is 3.41. The summed E-state index contributed by atoms with van der Waals surface area (Å²) in [7, 11) is 0. The topological polar surface area (TPSA) is 24.1 Å². The van der Waals surface area contributed by atoms with E-state index in [0.717, 1.165) is 11.6 Å². The second kappa shape index (κ2) is 7.26. The molecule has 2 nitrogen and oxygen atoms in total. The van der Waals surface area contributed by atoms with Gasteiger partial charge in [-0.1, -0.05) is 18.2 Å². The van der Waals surface area contributed by atoms with Crippen molar-refractivity contribution in [2.75, 3.05) is 0 Å². The van der Waals surface area contributed by atoms with Crippen molar-refractivity contribution in [1.29, 1.82) is 0 Å². The highest BCUT2D eigenvalue weighted by atomic mass is 32.1. The molecule has 1 atom stereocenters. The molecule has 0 saturated heterocycles. The van der Waals surface area contributed by atoms with Gasteiger partial charge < -0.3 is 10.6 Å². The smallest absolute Gasteiger partial charge is 0.167 e. The molecule has 0 heterocycles. The van der Waals surface area contributed by atoms with Crippen molar-refractivity contribution in [1.82, 2.24) is 10.6 Å². The Morgan fingerprint density at radius 1 is 1.05 bits per heavy atom. The molecule has 0 spiro atoms. The van der Waals surface area contributed by atoms with Gasteiger partial charge in [0.1, 0.15) is 17.5 Å². The van der Waals surface area contributed by atoms with E-state index in [2.05, 4.69) is 10.6 Å². The van der Waals surface area contributed by atoms with E-state index < -0.39 is 17.7 Å². The largest absolute Gasteiger partial charge is 0.359 e. The third-order valence-electron chi connectivity index (χ3n) is 3.14. The third kappa shape index (κ3) is 4.46. The number of thiocarbonyl (C=S) groups is 1. The van der Waals surface area contributed by atoms with Gasteiger partial charge in [0.05, 0.1) is 6.04 Å². The van der Waals surface area contributed by atoms with E-state index in [4.69, 9.17) is 12.2 Å². The summed E-state index contributed by atoms with van der Waals surface area (Å²) in [6.07, 6.45) is 0. The minimum absolute atomic E-state index is 0.301. The second-order valence-corrected chi connectivity index (χ2v) is 5.25. The zero-order chi connectivity index (χ0) is 16.1. The molecule has 0 unspecified atom stereocenters. The molecule has 22 heavy (non-hydrogen) atoms. The molecule has 0 aliphatic carbocycles. The lowest BCUT2D eigenvalue weighted by Gasteiger charge is -2.18. The van der Waals surface area contributed by atoms with Crippen molar-refractivity contribution in [2.24, 2.45) is 0 Å². The van der Waals surface area contributed by atoms with Gasteiger partial charge >= 0.3 is 0 Å². The fraction of sp³-hybridized carbons (Fsp3) is 0.188. The predicted octanol–water partition coefficient (Wildman–Crippen LogP) is 3.83. The van der Waals surface area contributed by atoms with Crippen LogP contribution in [0.1, 0.15) is 24.1 Å². The molecule has 2 rings (SSSR count). The van der Waals surface area contributed by atoms with E-state index in [9.17, 15) is 13.2 Å². The van der Waals surface area contributed by atoms with Crippen molar-refractivity contribution >= 4 is 17.3 Å². The predicted molar refractivity (Wildman–Crippen MR) is 83.7 cm³/mol. The highest BCUT2D eigenvalue weighted by molar-refractivity contribution is 7.80. The molecule has 0 amide bonds. The van der Waals surface area contributed by atoms with Crippen molar-refractivity contribution in [3.63, 3.8) is 0 Å². The first-order valence-corrected chi connectivity index (χ1v) is 7.10. The number of hydrogen-bond acceptors (Lipinski definition) is 1. The van der Waals surface area contributed by atoms with Gasteiger partial charge in [0.25, 0.3) is 0 Å². The maximum Gasteiger partial charge on any atom is 0.167 e. The monoisotopic (exact) mass is 324 g/mol. The molecule has 2 aromatic rings. The van der Waals surface area contributed by atoms with E-state index in [1.807, 2.05) is 0 Å². The van der Waals surface area contributed by atoms with Crippen LogP contribution in [0.15, 0.2) is 42.5 Å². The summed E-state index contributed by atoms with van der Waals surface area (Å²) in [5, 5.41) is 6.21. The molecule has 0 radical (unpaired) electrons. The lowest BCUT2D eigenvalue weighted by atomic mass is 10.1. The first-order valence-electron chi connectivity index (χ1n) is 6.69. The van der Waals surface area contributed by atoms with E-state index in [-0.39, 0.29) is 5.82 Å². The summed E-state index contributed by atoms with van der Waals surface area (Å²) in [5.74, 6) is -1.54. The van der Waals surface area contributed by atoms with Crippen molar-refractivity contribution in [3.8, 4) is 0 Å². The standard InChI is InChI=1S/C16H15F3N2S/c1-10(14-7-6-13(18)8-15(14)19)21-16(22)20-9-11-2-4-12(17)5-3-11/h2-8,10H,9H2,1H3,(H2,20,21,22)/t10-/m1/s1. The van der Waals surface area contributed by atoms with Crippen LogP contribution in [0.3, 0.4) is 0 Å². The molecular weight excluding hydrogens is 309 g/mol. The van der Waals surface area contributed by atoms with Gasteiger partial charge in [0.2, 0.25) is 0 Å². The van der Waals surface area contributed by atoms with E-state index in [0.29, 0.717) is 17.2 Å². The van der Waals surface area contributed by atoms with E-state index >= 15 is 0 Å². The van der Waals surface area contributed by atoms with Gasteiger partial charge in [-0.05, 0) is 42.9 Å². The van der Waals surface area contributed by atoms with Gasteiger partial charge in [0, 0.05) is 18.2 Å². The van der Waals surface area contributed by atoms with Crippen LogP contribution >= 0.6 is 12.2 Å². The van der Waals surface area contributed by atoms with Crippen molar-refractivity contribution in [2.45, 2.75) is 19.5 Å². The van der Waals surface area contributed by atoms with Gasteiger partial charge in [-0.2, -0.15) is 0 Å². The lowest BCUT2D eigenvalue weighted by molar-refractivity contribution is 0.552. The Bertz CT molecular complexity index is 659. The Hall–Kier alpha value is -2.08. The quantitative estimate of drug-likeness (QED) is 0.836. The van der Waals surface area contributed by atoms with Crippen LogP contribution < -0.4 is 10.6 Å². The first kappa shape index (κ1) is 16.3. The van der Waals surface area contributed by atoms with E-state index in [1.54, 1.807) is 19.1 Å². The zero-order valence-electron chi connectivity index (χ0n) is 11.9. The normalized spacial score (nSPS) is 11.8. The number of hydrogen-bond donors (Lipinski definition) is 2. The van der Waals surface area contributed by atoms with Crippen molar-refractivity contribution in [3.05, 3.63) is 71.0 Å². The average Bonchev–Trinajstić information content (AvgIpc) is 2.46. The SMILES string of the molecule is C[C@@H](NC(=S)NCc1ccc(F)cc1)c1ccc(F)cc1F. The summed E-state index contributed by atoms with van der Waals surface area (Å²) in [4.78, 5) is 0. The highest BCUT2D eigenvalue weighted by Gasteiger charge is 2.12. The Labute approximate surface area is 132 Å². The minimum Gasteiger partial charge on any atom is -0.359 e. The van der Waals surface area contributed by atoms with Crippen LogP contribution in [-0.4, -0.2) is 5.11 Å². The molecule has 0 saturated carbocycles. The summed E-state index contributed by atoms with van der Waals surface area (Å²) >= 11 is 5.13. The summed E-state index contributed by atoms with van der Waals surface area (Å²) in [6.45, 7) is 2.15. The molecule has 0 bridgehead atoms. The molecule has 6 heteroatoms. The van der Waals surface area contributed by atoms with Gasteiger partial charge in [0.15, 0.2) is 5.11 Å². The van der Waals surface area contributed by atoms with Crippen LogP contribution in [0.25, 0.3) is 0 Å². The molecule has 116 valence electrons. The molecule has 0 aliphatic heterocycles. The fourth-order valence-electron chi connectivity index (χ4n) is 1.96. The Morgan fingerprint density at radius 3 is 2.32 bits per heavy atom. The summed E-state index contributed by atoms with van der Waals surface area (Å²) in [6, 6.07) is 9.03. The van der Waals surface area contributed by atoms with Crippen LogP contribution in [-0.2, 0) is 6.54 Å². The number of benzene rings is 2. The molecular formula is C16H15F3N2S. The molecule has 2 aromatic carbocycles. The molecule has 0 fully saturated rings. The highest BCUT2D eigenvalue weighted by Crippen LogP contribution is 2.17. The van der Waals surface area contributed by atoms with E-state index in [1.165, 1.54) is 24.3 Å². The zero-order valence-corrected chi connectivity index (χ0v) is 12.7. The van der Waals surface area contributed by atoms with Crippen LogP contribution in [0, 0.1) is 17.5 Å². The summed E-state index contributed by atoms with van der Waals surface area (Å²) in [5.41, 5.74) is 1.19. The van der Waals surface area contributed by atoms with Crippen LogP contribution in [0.4, 0.5) is 13.2 Å².